The van der Waals surface area contributed by atoms with Gasteiger partial charge in [-0.3, -0.25) is 9.69 Å². The summed E-state index contributed by atoms with van der Waals surface area (Å²) in [7, 11) is 0. The summed E-state index contributed by atoms with van der Waals surface area (Å²) in [5.74, 6) is 2.41. The van der Waals surface area contributed by atoms with Crippen LogP contribution in [0.25, 0.3) is 11.0 Å². The number of hydrogen-bond acceptors (Lipinski definition) is 6. The van der Waals surface area contributed by atoms with Gasteiger partial charge in [-0.25, -0.2) is 0 Å². The van der Waals surface area contributed by atoms with Crippen molar-refractivity contribution < 1.29 is 18.6 Å². The number of benzene rings is 2. The van der Waals surface area contributed by atoms with E-state index in [9.17, 15) is 4.79 Å². The highest BCUT2D eigenvalue weighted by atomic mass is 16.5. The van der Waals surface area contributed by atoms with Crippen molar-refractivity contribution in [1.82, 2.24) is 4.90 Å². The number of hydrogen-bond donors (Lipinski definition) is 0. The lowest BCUT2D eigenvalue weighted by atomic mass is 10.1. The van der Waals surface area contributed by atoms with Crippen molar-refractivity contribution in [1.29, 1.82) is 0 Å². The van der Waals surface area contributed by atoms with Gasteiger partial charge in [-0.05, 0) is 52.0 Å². The van der Waals surface area contributed by atoms with Crippen LogP contribution in [0.5, 0.6) is 23.0 Å². The molecule has 6 nitrogen and oxygen atoms in total. The molecule has 0 aliphatic carbocycles. The van der Waals surface area contributed by atoms with Crippen LogP contribution in [0.2, 0.25) is 0 Å². The van der Waals surface area contributed by atoms with Gasteiger partial charge < -0.3 is 18.6 Å². The summed E-state index contributed by atoms with van der Waals surface area (Å²) in [5.41, 5.74) is 1.24. The first-order valence-corrected chi connectivity index (χ1v) is 9.85. The van der Waals surface area contributed by atoms with Crippen molar-refractivity contribution in [2.24, 2.45) is 0 Å². The molecule has 29 heavy (non-hydrogen) atoms. The maximum absolute atomic E-state index is 13.2. The van der Waals surface area contributed by atoms with Crippen LogP contribution in [0.4, 0.5) is 0 Å². The van der Waals surface area contributed by atoms with Crippen LogP contribution in [0.1, 0.15) is 32.1 Å². The van der Waals surface area contributed by atoms with Crippen LogP contribution in [0.3, 0.4) is 0 Å². The highest BCUT2D eigenvalue weighted by Gasteiger charge is 2.25. The van der Waals surface area contributed by atoms with Gasteiger partial charge >= 0.3 is 0 Å². The predicted octanol–water partition coefficient (Wildman–Crippen LogP) is 4.85. The van der Waals surface area contributed by atoms with Gasteiger partial charge in [0.15, 0.2) is 11.5 Å². The summed E-state index contributed by atoms with van der Waals surface area (Å²) in [6, 6.07) is 11.2. The van der Waals surface area contributed by atoms with Crippen LogP contribution >= 0.6 is 0 Å². The summed E-state index contributed by atoms with van der Waals surface area (Å²) < 4.78 is 23.5. The average molecular weight is 395 g/mol. The Bertz CT molecular complexity index is 1100. The molecule has 0 N–H and O–H groups in total. The number of aryl methyl sites for hydroxylation is 1. The Balaban J connectivity index is 1.80. The molecule has 152 valence electrons. The molecule has 0 bridgehead atoms. The van der Waals surface area contributed by atoms with Gasteiger partial charge in [-0.2, -0.15) is 0 Å². The van der Waals surface area contributed by atoms with E-state index in [1.54, 1.807) is 19.1 Å². The van der Waals surface area contributed by atoms with E-state index < -0.39 is 0 Å². The topological polar surface area (TPSA) is 61.1 Å². The Morgan fingerprint density at radius 2 is 1.90 bits per heavy atom. The minimum atomic E-state index is -0.209. The Kier molecular flexibility index (Phi) is 5.20. The lowest BCUT2D eigenvalue weighted by Crippen LogP contribution is -2.37. The van der Waals surface area contributed by atoms with Gasteiger partial charge in [0.1, 0.15) is 23.8 Å². The third-order valence-corrected chi connectivity index (χ3v) is 5.08. The summed E-state index contributed by atoms with van der Waals surface area (Å²) in [6.45, 7) is 9.56. The largest absolute Gasteiger partial charge is 0.490 e. The van der Waals surface area contributed by atoms with Gasteiger partial charge in [-0.1, -0.05) is 12.1 Å². The van der Waals surface area contributed by atoms with Crippen LogP contribution in [0, 0.1) is 6.92 Å². The van der Waals surface area contributed by atoms with E-state index in [1.807, 2.05) is 31.2 Å². The second-order valence-electron chi connectivity index (χ2n) is 7.33. The predicted molar refractivity (Wildman–Crippen MR) is 111 cm³/mol. The molecule has 0 spiro atoms. The van der Waals surface area contributed by atoms with Gasteiger partial charge in [0.2, 0.25) is 11.2 Å². The lowest BCUT2D eigenvalue weighted by molar-refractivity contribution is 0.0689. The zero-order valence-electron chi connectivity index (χ0n) is 17.2. The molecule has 0 atom stereocenters. The highest BCUT2D eigenvalue weighted by molar-refractivity contribution is 5.83. The van der Waals surface area contributed by atoms with E-state index in [2.05, 4.69) is 18.7 Å². The molecule has 0 radical (unpaired) electrons. The molecule has 1 aliphatic rings. The van der Waals surface area contributed by atoms with Crippen molar-refractivity contribution in [3.63, 3.8) is 0 Å². The zero-order chi connectivity index (χ0) is 20.5. The SMILES string of the molecule is CCOc1ccccc1Oc1c(C)oc2c3c(ccc2c1=O)OCN(C(C)C)C3. The fraction of sp³-hybridized carbons (Fsp3) is 0.348. The summed E-state index contributed by atoms with van der Waals surface area (Å²) in [4.78, 5) is 15.4. The third kappa shape index (κ3) is 3.56. The molecule has 0 saturated heterocycles. The van der Waals surface area contributed by atoms with Crippen LogP contribution in [-0.4, -0.2) is 24.3 Å². The molecule has 2 aromatic carbocycles. The molecule has 0 fully saturated rings. The number of para-hydroxylation sites is 2. The van der Waals surface area contributed by atoms with Gasteiger partial charge in [0.25, 0.3) is 0 Å². The number of rotatable bonds is 5. The molecule has 2 heterocycles. The quantitative estimate of drug-likeness (QED) is 0.615. The molecule has 6 heteroatoms. The van der Waals surface area contributed by atoms with Gasteiger partial charge in [0, 0.05) is 12.6 Å². The van der Waals surface area contributed by atoms with Crippen LogP contribution in [-0.2, 0) is 6.54 Å². The monoisotopic (exact) mass is 395 g/mol. The second kappa shape index (κ2) is 7.79. The van der Waals surface area contributed by atoms with E-state index in [0.717, 1.165) is 11.3 Å². The standard InChI is InChI=1S/C23H25NO5/c1-5-26-19-8-6-7-9-20(19)29-22-15(4)28-23-16(21(22)25)10-11-18-17(23)12-24(13-27-18)14(2)3/h6-11,14H,5,12-13H2,1-4H3. The number of ether oxygens (including phenoxy) is 3. The molecule has 0 unspecified atom stereocenters. The highest BCUT2D eigenvalue weighted by Crippen LogP contribution is 2.36. The fourth-order valence-electron chi connectivity index (χ4n) is 3.44. The van der Waals surface area contributed by atoms with Crippen molar-refractivity contribution in [2.75, 3.05) is 13.3 Å². The Hall–Kier alpha value is -2.99. The Morgan fingerprint density at radius 3 is 2.62 bits per heavy atom. The van der Waals surface area contributed by atoms with E-state index in [1.165, 1.54) is 0 Å². The molecule has 3 aromatic rings. The minimum absolute atomic E-state index is 0.169. The van der Waals surface area contributed by atoms with E-state index in [0.29, 0.717) is 54.2 Å². The normalized spacial score (nSPS) is 14.0. The zero-order valence-corrected chi connectivity index (χ0v) is 17.2. The van der Waals surface area contributed by atoms with Crippen molar-refractivity contribution in [3.8, 4) is 23.0 Å². The number of fused-ring (bicyclic) bond motifs is 3. The molecule has 0 amide bonds. The van der Waals surface area contributed by atoms with Gasteiger partial charge in [0.05, 0.1) is 17.6 Å². The van der Waals surface area contributed by atoms with E-state index >= 15 is 0 Å². The maximum Gasteiger partial charge on any atom is 0.235 e. The van der Waals surface area contributed by atoms with Crippen LogP contribution in [0.15, 0.2) is 45.6 Å². The second-order valence-corrected chi connectivity index (χ2v) is 7.33. The summed E-state index contributed by atoms with van der Waals surface area (Å²) in [6.07, 6.45) is 0. The number of nitrogens with zero attached hydrogens (tertiary/aromatic N) is 1. The first-order chi connectivity index (χ1) is 14.0. The van der Waals surface area contributed by atoms with Crippen LogP contribution < -0.4 is 19.6 Å². The Labute approximate surface area is 169 Å². The minimum Gasteiger partial charge on any atom is -0.490 e. The van der Waals surface area contributed by atoms with Crippen molar-refractivity contribution in [3.05, 3.63) is 57.9 Å². The first-order valence-electron chi connectivity index (χ1n) is 9.85. The third-order valence-electron chi connectivity index (χ3n) is 5.08. The van der Waals surface area contributed by atoms with Crippen molar-refractivity contribution >= 4 is 11.0 Å². The summed E-state index contributed by atoms with van der Waals surface area (Å²) in [5, 5.41) is 0.479. The first kappa shape index (κ1) is 19.3. The van der Waals surface area contributed by atoms with E-state index in [4.69, 9.17) is 18.6 Å². The molecular weight excluding hydrogens is 370 g/mol. The molecule has 4 rings (SSSR count). The molecule has 1 aliphatic heterocycles. The molecular formula is C23H25NO5. The molecule has 1 aromatic heterocycles. The average Bonchev–Trinajstić information content (AvgIpc) is 2.72. The molecule has 0 saturated carbocycles. The lowest BCUT2D eigenvalue weighted by Gasteiger charge is -2.32. The summed E-state index contributed by atoms with van der Waals surface area (Å²) >= 11 is 0. The van der Waals surface area contributed by atoms with E-state index in [-0.39, 0.29) is 11.2 Å². The smallest absolute Gasteiger partial charge is 0.235 e. The van der Waals surface area contributed by atoms with Gasteiger partial charge in [-0.15, -0.1) is 0 Å². The fourth-order valence-corrected chi connectivity index (χ4v) is 3.44. The maximum atomic E-state index is 13.2. The Morgan fingerprint density at radius 1 is 1.14 bits per heavy atom. The van der Waals surface area contributed by atoms with Crippen molar-refractivity contribution in [2.45, 2.75) is 40.3 Å².